The smallest absolute Gasteiger partial charge is 0.216 e. The van der Waals surface area contributed by atoms with Gasteiger partial charge in [-0.3, -0.25) is 0 Å². The molecule has 1 N–H and O–H groups in total. The highest BCUT2D eigenvalue weighted by atomic mass is 35.5. The topological polar surface area (TPSA) is 62.3 Å². The van der Waals surface area contributed by atoms with E-state index in [-0.39, 0.29) is 12.4 Å². The molecule has 0 saturated carbocycles. The van der Waals surface area contributed by atoms with E-state index in [2.05, 4.69) is 15.2 Å². The van der Waals surface area contributed by atoms with Crippen LogP contribution in [0.15, 0.2) is 45.6 Å². The second-order valence-electron chi connectivity index (χ2n) is 6.62. The fourth-order valence-corrected chi connectivity index (χ4v) is 6.38. The van der Waals surface area contributed by atoms with Crippen LogP contribution in [-0.4, -0.2) is 39.6 Å². The van der Waals surface area contributed by atoms with Crippen molar-refractivity contribution in [3.05, 3.63) is 47.7 Å². The fourth-order valence-electron chi connectivity index (χ4n) is 3.40. The molecule has 144 valence electrons. The highest BCUT2D eigenvalue weighted by Gasteiger charge is 2.24. The van der Waals surface area contributed by atoms with E-state index in [1.54, 1.807) is 18.3 Å². The average Bonchev–Trinajstić information content (AvgIpc) is 3.07. The van der Waals surface area contributed by atoms with Crippen molar-refractivity contribution in [2.45, 2.75) is 23.0 Å². The van der Waals surface area contributed by atoms with Gasteiger partial charge in [-0.2, -0.15) is 0 Å². The van der Waals surface area contributed by atoms with Crippen LogP contribution >= 0.6 is 23.7 Å². The minimum atomic E-state index is -3.54. The number of aryl methyl sites for hydroxylation is 2. The van der Waals surface area contributed by atoms with Gasteiger partial charge in [0.05, 0.1) is 4.90 Å². The first kappa shape index (κ1) is 20.1. The molecule has 1 aromatic carbocycles. The number of nitrogens with one attached hydrogen (secondary N) is 1. The zero-order chi connectivity index (χ0) is 18.3. The highest BCUT2D eigenvalue weighted by molar-refractivity contribution is 7.93. The maximum atomic E-state index is 13.2. The Morgan fingerprint density at radius 2 is 1.85 bits per heavy atom. The second kappa shape index (κ2) is 7.75. The molecular formula is C19H22ClN3O2S2. The third-order valence-electron chi connectivity index (χ3n) is 4.70. The van der Waals surface area contributed by atoms with E-state index in [4.69, 9.17) is 0 Å². The lowest BCUT2D eigenvalue weighted by Crippen LogP contribution is -2.43. The number of hydrogen-bond acceptors (Lipinski definition) is 6. The summed E-state index contributed by atoms with van der Waals surface area (Å²) in [6.07, 6.45) is 1.77. The molecule has 0 unspecified atom stereocenters. The Hall–Kier alpha value is -1.67. The number of sulfone groups is 1. The predicted molar refractivity (Wildman–Crippen MR) is 113 cm³/mol. The van der Waals surface area contributed by atoms with Crippen LogP contribution in [0, 0.1) is 13.8 Å². The molecule has 3 aromatic rings. The summed E-state index contributed by atoms with van der Waals surface area (Å²) < 4.78 is 27.7. The molecule has 0 spiro atoms. The number of hydrogen-bond donors (Lipinski definition) is 1. The Morgan fingerprint density at radius 1 is 1.11 bits per heavy atom. The molecule has 1 aliphatic rings. The molecule has 0 amide bonds. The van der Waals surface area contributed by atoms with Crippen LogP contribution in [0.3, 0.4) is 0 Å². The summed E-state index contributed by atoms with van der Waals surface area (Å²) in [5.41, 5.74) is 1.84. The summed E-state index contributed by atoms with van der Waals surface area (Å²) in [5.74, 6) is 0.877. The first-order chi connectivity index (χ1) is 12.5. The number of aromatic nitrogens is 1. The van der Waals surface area contributed by atoms with E-state index in [1.807, 2.05) is 32.0 Å². The van der Waals surface area contributed by atoms with Crippen molar-refractivity contribution in [3.8, 4) is 0 Å². The van der Waals surface area contributed by atoms with Crippen LogP contribution < -0.4 is 10.2 Å². The minimum Gasteiger partial charge on any atom is -0.354 e. The Bertz CT molecular complexity index is 1070. The van der Waals surface area contributed by atoms with E-state index >= 15 is 0 Å². The molecule has 0 radical (unpaired) electrons. The highest BCUT2D eigenvalue weighted by Crippen LogP contribution is 2.37. The Labute approximate surface area is 169 Å². The number of anilines is 1. The van der Waals surface area contributed by atoms with Crippen LogP contribution in [0.4, 0.5) is 5.82 Å². The van der Waals surface area contributed by atoms with E-state index in [9.17, 15) is 8.42 Å². The van der Waals surface area contributed by atoms with Crippen molar-refractivity contribution in [1.29, 1.82) is 0 Å². The summed E-state index contributed by atoms with van der Waals surface area (Å²) in [6, 6.07) is 9.15. The first-order valence-electron chi connectivity index (χ1n) is 8.63. The molecular weight excluding hydrogens is 402 g/mol. The molecule has 0 atom stereocenters. The number of thiophene rings is 1. The van der Waals surface area contributed by atoms with Crippen LogP contribution in [0.25, 0.3) is 10.1 Å². The number of piperazine rings is 1. The van der Waals surface area contributed by atoms with Gasteiger partial charge in [0.15, 0.2) is 0 Å². The molecule has 1 saturated heterocycles. The van der Waals surface area contributed by atoms with Crippen molar-refractivity contribution >= 4 is 49.5 Å². The van der Waals surface area contributed by atoms with E-state index < -0.39 is 9.84 Å². The predicted octanol–water partition coefficient (Wildman–Crippen LogP) is 3.58. The monoisotopic (exact) mass is 423 g/mol. The van der Waals surface area contributed by atoms with Gasteiger partial charge in [0.1, 0.15) is 10.0 Å². The lowest BCUT2D eigenvalue weighted by Gasteiger charge is -2.28. The third-order valence-corrected chi connectivity index (χ3v) is 8.19. The van der Waals surface area contributed by atoms with E-state index in [1.165, 1.54) is 11.3 Å². The summed E-state index contributed by atoms with van der Waals surface area (Å²) >= 11 is 1.32. The van der Waals surface area contributed by atoms with E-state index in [0.717, 1.165) is 53.2 Å². The average molecular weight is 424 g/mol. The SMILES string of the molecule is Cc1ccc(S(=O)(=O)c2cc3c(N4CCNCC4)nccc3s2)c(C)c1.Cl. The molecule has 4 rings (SSSR count). The van der Waals surface area contributed by atoms with Gasteiger partial charge >= 0.3 is 0 Å². The molecule has 1 fully saturated rings. The lowest BCUT2D eigenvalue weighted by molar-refractivity contribution is 0.586. The van der Waals surface area contributed by atoms with Gasteiger partial charge in [0.25, 0.3) is 0 Å². The third kappa shape index (κ3) is 3.69. The van der Waals surface area contributed by atoms with E-state index in [0.29, 0.717) is 9.10 Å². The standard InChI is InChI=1S/C19H21N3O2S2.ClH/c1-13-3-4-17(14(2)11-13)26(23,24)18-12-15-16(25-18)5-6-21-19(15)22-9-7-20-8-10-22;/h3-6,11-12,20H,7-10H2,1-2H3;1H. The molecule has 0 aliphatic carbocycles. The Balaban J connectivity index is 0.00000210. The first-order valence-corrected chi connectivity index (χ1v) is 10.9. The van der Waals surface area contributed by atoms with Gasteiger partial charge in [-0.05, 0) is 37.6 Å². The second-order valence-corrected chi connectivity index (χ2v) is 9.85. The number of benzene rings is 1. The number of rotatable bonds is 3. The number of halogens is 1. The number of pyridine rings is 1. The summed E-state index contributed by atoms with van der Waals surface area (Å²) in [6.45, 7) is 7.39. The maximum Gasteiger partial charge on any atom is 0.216 e. The summed E-state index contributed by atoms with van der Waals surface area (Å²) in [7, 11) is -3.54. The number of nitrogens with zero attached hydrogens (tertiary/aromatic N) is 2. The largest absolute Gasteiger partial charge is 0.354 e. The van der Waals surface area contributed by atoms with Crippen LogP contribution in [-0.2, 0) is 9.84 Å². The summed E-state index contributed by atoms with van der Waals surface area (Å²) in [5, 5.41) is 4.25. The summed E-state index contributed by atoms with van der Waals surface area (Å²) in [4.78, 5) is 7.14. The van der Waals surface area contributed by atoms with Crippen molar-refractivity contribution in [2.75, 3.05) is 31.1 Å². The maximum absolute atomic E-state index is 13.2. The van der Waals surface area contributed by atoms with Crippen LogP contribution in [0.1, 0.15) is 11.1 Å². The van der Waals surface area contributed by atoms with Gasteiger partial charge in [-0.1, -0.05) is 17.7 Å². The van der Waals surface area contributed by atoms with Crippen molar-refractivity contribution in [1.82, 2.24) is 10.3 Å². The van der Waals surface area contributed by atoms with Gasteiger partial charge in [0.2, 0.25) is 9.84 Å². The molecule has 2 aromatic heterocycles. The lowest BCUT2D eigenvalue weighted by atomic mass is 10.2. The molecule has 3 heterocycles. The van der Waals surface area contributed by atoms with Crippen LogP contribution in [0.2, 0.25) is 0 Å². The molecule has 8 heteroatoms. The Kier molecular flexibility index (Phi) is 5.76. The van der Waals surface area contributed by atoms with Crippen LogP contribution in [0.5, 0.6) is 0 Å². The zero-order valence-corrected chi connectivity index (χ0v) is 17.7. The van der Waals surface area contributed by atoms with Crippen molar-refractivity contribution in [2.24, 2.45) is 0 Å². The quantitative estimate of drug-likeness (QED) is 0.697. The molecule has 5 nitrogen and oxygen atoms in total. The van der Waals surface area contributed by atoms with Gasteiger partial charge in [-0.25, -0.2) is 13.4 Å². The molecule has 27 heavy (non-hydrogen) atoms. The fraction of sp³-hybridized carbons (Fsp3) is 0.316. The van der Waals surface area contributed by atoms with Crippen molar-refractivity contribution < 1.29 is 8.42 Å². The molecule has 1 aliphatic heterocycles. The van der Waals surface area contributed by atoms with Crippen molar-refractivity contribution in [3.63, 3.8) is 0 Å². The number of fused-ring (bicyclic) bond motifs is 1. The Morgan fingerprint density at radius 3 is 2.56 bits per heavy atom. The molecule has 0 bridgehead atoms. The zero-order valence-electron chi connectivity index (χ0n) is 15.2. The van der Waals surface area contributed by atoms with Gasteiger partial charge in [-0.15, -0.1) is 23.7 Å². The van der Waals surface area contributed by atoms with Gasteiger partial charge in [0, 0.05) is 42.5 Å². The minimum absolute atomic E-state index is 0. The van der Waals surface area contributed by atoms with Gasteiger partial charge < -0.3 is 10.2 Å². The normalized spacial score (nSPS) is 15.0.